The summed E-state index contributed by atoms with van der Waals surface area (Å²) < 4.78 is 14.7. The molecular formula is C25H18ClFN4OS. The van der Waals surface area contributed by atoms with Crippen LogP contribution < -0.4 is 16.0 Å². The molecule has 0 aliphatic heterocycles. The number of rotatable bonds is 5. The maximum absolute atomic E-state index is 13.6. The smallest absolute Gasteiger partial charge is 0.319 e. The first-order valence-corrected chi connectivity index (χ1v) is 11.4. The van der Waals surface area contributed by atoms with Crippen molar-refractivity contribution in [1.82, 2.24) is 10.3 Å². The summed E-state index contributed by atoms with van der Waals surface area (Å²) in [5.74, 6) is 0.347. The number of carbonyl (C=O) groups excluding carboxylic acids is 1. The number of nitrogens with one attached hydrogen (secondary N) is 3. The third kappa shape index (κ3) is 4.74. The molecule has 33 heavy (non-hydrogen) atoms. The van der Waals surface area contributed by atoms with Crippen LogP contribution in [-0.2, 0) is 6.54 Å². The van der Waals surface area contributed by atoms with Crippen molar-refractivity contribution in [2.75, 3.05) is 10.6 Å². The second kappa shape index (κ2) is 9.05. The summed E-state index contributed by atoms with van der Waals surface area (Å²) in [4.78, 5) is 17.1. The van der Waals surface area contributed by atoms with Crippen LogP contribution in [0.5, 0.6) is 0 Å². The summed E-state index contributed by atoms with van der Waals surface area (Å²) in [5.41, 5.74) is 2.94. The van der Waals surface area contributed by atoms with Crippen LogP contribution in [0.2, 0.25) is 5.02 Å². The minimum Gasteiger partial charge on any atom is -0.340 e. The van der Waals surface area contributed by atoms with Crippen molar-refractivity contribution in [3.8, 4) is 0 Å². The Labute approximate surface area is 198 Å². The summed E-state index contributed by atoms with van der Waals surface area (Å²) in [6.45, 7) is 0.332. The fourth-order valence-corrected chi connectivity index (χ4v) is 4.70. The fourth-order valence-electron chi connectivity index (χ4n) is 3.58. The van der Waals surface area contributed by atoms with Crippen LogP contribution in [0, 0.1) is 5.82 Å². The Bertz CT molecular complexity index is 1490. The number of thiophene rings is 1. The predicted octanol–water partition coefficient (Wildman–Crippen LogP) is 7.31. The highest BCUT2D eigenvalue weighted by Gasteiger charge is 2.11. The third-order valence-electron chi connectivity index (χ3n) is 5.08. The molecule has 164 valence electrons. The Morgan fingerprint density at radius 1 is 0.970 bits per heavy atom. The van der Waals surface area contributed by atoms with Crippen molar-refractivity contribution in [2.24, 2.45) is 0 Å². The molecule has 0 saturated heterocycles. The molecule has 8 heteroatoms. The van der Waals surface area contributed by atoms with Gasteiger partial charge in [0.25, 0.3) is 0 Å². The summed E-state index contributed by atoms with van der Waals surface area (Å²) in [5, 5.41) is 13.4. The highest BCUT2D eigenvalue weighted by molar-refractivity contribution is 7.18. The molecule has 3 aromatic carbocycles. The number of fused-ring (bicyclic) bond motifs is 3. The van der Waals surface area contributed by atoms with Gasteiger partial charge in [0.15, 0.2) is 0 Å². The largest absolute Gasteiger partial charge is 0.340 e. The second-order valence-electron chi connectivity index (χ2n) is 7.43. The Balaban J connectivity index is 1.38. The number of anilines is 3. The molecule has 0 bridgehead atoms. The molecule has 5 nitrogen and oxygen atoms in total. The molecule has 0 saturated carbocycles. The van der Waals surface area contributed by atoms with E-state index in [1.807, 2.05) is 29.6 Å². The van der Waals surface area contributed by atoms with Crippen LogP contribution in [-0.4, -0.2) is 11.0 Å². The molecule has 0 atom stereocenters. The van der Waals surface area contributed by atoms with Gasteiger partial charge in [-0.05, 0) is 59.5 Å². The maximum atomic E-state index is 13.6. The molecule has 3 N–H and O–H groups in total. The molecule has 2 aromatic heterocycles. The van der Waals surface area contributed by atoms with E-state index in [1.165, 1.54) is 12.1 Å². The van der Waals surface area contributed by atoms with Crippen LogP contribution in [0.15, 0.2) is 78.2 Å². The van der Waals surface area contributed by atoms with Gasteiger partial charge >= 0.3 is 6.03 Å². The number of hydrogen-bond donors (Lipinski definition) is 3. The van der Waals surface area contributed by atoms with Crippen molar-refractivity contribution in [3.05, 3.63) is 94.6 Å². The quantitative estimate of drug-likeness (QED) is 0.249. The molecule has 5 aromatic rings. The lowest BCUT2D eigenvalue weighted by molar-refractivity contribution is 0.251. The first-order valence-electron chi connectivity index (χ1n) is 10.2. The zero-order valence-corrected chi connectivity index (χ0v) is 18.8. The third-order valence-corrected chi connectivity index (χ3v) is 6.27. The number of aromatic nitrogens is 1. The number of pyridine rings is 1. The van der Waals surface area contributed by atoms with Crippen molar-refractivity contribution >= 4 is 67.2 Å². The van der Waals surface area contributed by atoms with E-state index >= 15 is 0 Å². The molecule has 5 rings (SSSR count). The van der Waals surface area contributed by atoms with Gasteiger partial charge in [0.1, 0.15) is 11.6 Å². The normalized spacial score (nSPS) is 11.0. The standard InChI is InChI=1S/C25H18ClFN4OS/c26-16-3-1-5-18(12-16)30-25(32)28-14-15-7-8-20-22(11-15)31-24(21-9-10-33-23(20)21)29-19-6-2-4-17(27)13-19/h1-13H,14H2,(H,29,31)(H2,28,30,32). The number of nitrogens with zero attached hydrogens (tertiary/aromatic N) is 1. The van der Waals surface area contributed by atoms with Gasteiger partial charge in [-0.3, -0.25) is 0 Å². The number of hydrogen-bond acceptors (Lipinski definition) is 4. The molecule has 0 fully saturated rings. The monoisotopic (exact) mass is 476 g/mol. The summed E-state index contributed by atoms with van der Waals surface area (Å²) in [6, 6.07) is 20.9. The number of amides is 2. The van der Waals surface area contributed by atoms with Crippen LogP contribution in [0.4, 0.5) is 26.4 Å². The summed E-state index contributed by atoms with van der Waals surface area (Å²) >= 11 is 7.59. The van der Waals surface area contributed by atoms with E-state index in [2.05, 4.69) is 16.0 Å². The number of benzene rings is 3. The van der Waals surface area contributed by atoms with E-state index in [9.17, 15) is 9.18 Å². The Morgan fingerprint density at radius 2 is 1.82 bits per heavy atom. The van der Waals surface area contributed by atoms with E-state index in [0.717, 1.165) is 26.6 Å². The van der Waals surface area contributed by atoms with E-state index in [4.69, 9.17) is 16.6 Å². The molecule has 0 aliphatic carbocycles. The minimum atomic E-state index is -0.326. The molecule has 0 radical (unpaired) electrons. The fraction of sp³-hybridized carbons (Fsp3) is 0.0400. The average molecular weight is 477 g/mol. The first-order chi connectivity index (χ1) is 16.0. The van der Waals surface area contributed by atoms with Crippen molar-refractivity contribution in [1.29, 1.82) is 0 Å². The number of carbonyl (C=O) groups is 1. The topological polar surface area (TPSA) is 66.0 Å². The van der Waals surface area contributed by atoms with Gasteiger partial charge < -0.3 is 16.0 Å². The van der Waals surface area contributed by atoms with Gasteiger partial charge in [0, 0.05) is 38.4 Å². The average Bonchev–Trinajstić information content (AvgIpc) is 3.28. The van der Waals surface area contributed by atoms with Gasteiger partial charge in [-0.15, -0.1) is 11.3 Å². The lowest BCUT2D eigenvalue weighted by Gasteiger charge is -2.11. The van der Waals surface area contributed by atoms with Crippen molar-refractivity contribution in [3.63, 3.8) is 0 Å². The molecular weight excluding hydrogens is 459 g/mol. The van der Waals surface area contributed by atoms with Crippen molar-refractivity contribution < 1.29 is 9.18 Å². The van der Waals surface area contributed by atoms with E-state index in [0.29, 0.717) is 28.8 Å². The van der Waals surface area contributed by atoms with Crippen LogP contribution in [0.3, 0.4) is 0 Å². The molecule has 0 spiro atoms. The van der Waals surface area contributed by atoms with E-state index in [1.54, 1.807) is 47.7 Å². The zero-order chi connectivity index (χ0) is 22.8. The van der Waals surface area contributed by atoms with Crippen LogP contribution in [0.1, 0.15) is 5.56 Å². The van der Waals surface area contributed by atoms with E-state index < -0.39 is 0 Å². The molecule has 0 unspecified atom stereocenters. The Hall–Kier alpha value is -3.68. The molecule has 0 aliphatic rings. The first kappa shape index (κ1) is 21.2. The van der Waals surface area contributed by atoms with E-state index in [-0.39, 0.29) is 11.8 Å². The Kier molecular flexibility index (Phi) is 5.81. The van der Waals surface area contributed by atoms with Gasteiger partial charge in [-0.25, -0.2) is 14.2 Å². The molecule has 2 heterocycles. The lowest BCUT2D eigenvalue weighted by Crippen LogP contribution is -2.28. The highest BCUT2D eigenvalue weighted by atomic mass is 35.5. The lowest BCUT2D eigenvalue weighted by atomic mass is 10.1. The van der Waals surface area contributed by atoms with Gasteiger partial charge in [-0.1, -0.05) is 35.9 Å². The summed E-state index contributed by atoms with van der Waals surface area (Å²) in [7, 11) is 0. The van der Waals surface area contributed by atoms with Gasteiger partial charge in [0.2, 0.25) is 0 Å². The second-order valence-corrected chi connectivity index (χ2v) is 8.78. The number of urea groups is 1. The Morgan fingerprint density at radius 3 is 2.67 bits per heavy atom. The SMILES string of the molecule is O=C(NCc1ccc2c(c1)nc(Nc1cccc(F)c1)c1ccsc12)Nc1cccc(Cl)c1. The van der Waals surface area contributed by atoms with Crippen molar-refractivity contribution in [2.45, 2.75) is 6.54 Å². The predicted molar refractivity (Wildman–Crippen MR) is 134 cm³/mol. The van der Waals surface area contributed by atoms with Gasteiger partial charge in [0.05, 0.1) is 5.52 Å². The van der Waals surface area contributed by atoms with Crippen LogP contribution in [0.25, 0.3) is 21.0 Å². The van der Waals surface area contributed by atoms with Crippen LogP contribution >= 0.6 is 22.9 Å². The maximum Gasteiger partial charge on any atom is 0.319 e. The number of halogens is 2. The highest BCUT2D eigenvalue weighted by Crippen LogP contribution is 2.35. The summed E-state index contributed by atoms with van der Waals surface area (Å²) in [6.07, 6.45) is 0. The minimum absolute atomic E-state index is 0.313. The van der Waals surface area contributed by atoms with Gasteiger partial charge in [-0.2, -0.15) is 0 Å². The zero-order valence-electron chi connectivity index (χ0n) is 17.2. The molecule has 2 amide bonds.